The van der Waals surface area contributed by atoms with E-state index in [2.05, 4.69) is 39.8 Å². The standard InChI is InChI=1S/C27H29N3O3/c1-3-33-23-15-13-22(14-16-23)29-27(32)20-8-11-21(12-9-20)28-26(31)18-30(2)25-17-10-19-6-4-5-7-24(19)25/h4-9,11-16,25H,3,10,17-18H2,1-2H3,(H,28,31)(H,29,32)/t25-/m0/s1. The SMILES string of the molecule is CCOc1ccc(NC(=O)c2ccc(NC(=O)CN(C)[C@H]3CCc4ccccc43)cc2)cc1. The number of nitrogens with zero attached hydrogens (tertiary/aromatic N) is 1. The highest BCUT2D eigenvalue weighted by atomic mass is 16.5. The molecule has 0 unspecified atom stereocenters. The molecule has 2 N–H and O–H groups in total. The van der Waals surface area contributed by atoms with Crippen LogP contribution >= 0.6 is 0 Å². The summed E-state index contributed by atoms with van der Waals surface area (Å²) in [6.45, 7) is 2.83. The zero-order valence-electron chi connectivity index (χ0n) is 19.0. The highest BCUT2D eigenvalue weighted by molar-refractivity contribution is 6.04. The van der Waals surface area contributed by atoms with E-state index < -0.39 is 0 Å². The summed E-state index contributed by atoms with van der Waals surface area (Å²) in [5.74, 6) is 0.475. The summed E-state index contributed by atoms with van der Waals surface area (Å²) in [5, 5.41) is 5.79. The van der Waals surface area contributed by atoms with Crippen LogP contribution in [0.5, 0.6) is 5.75 Å². The summed E-state index contributed by atoms with van der Waals surface area (Å²) < 4.78 is 5.41. The van der Waals surface area contributed by atoms with Gasteiger partial charge in [-0.2, -0.15) is 0 Å². The van der Waals surface area contributed by atoms with Crippen molar-refractivity contribution in [1.82, 2.24) is 4.90 Å². The minimum atomic E-state index is -0.211. The third-order valence-corrected chi connectivity index (χ3v) is 5.88. The van der Waals surface area contributed by atoms with Crippen LogP contribution in [-0.2, 0) is 11.2 Å². The van der Waals surface area contributed by atoms with Gasteiger partial charge >= 0.3 is 0 Å². The highest BCUT2D eigenvalue weighted by Gasteiger charge is 2.26. The minimum Gasteiger partial charge on any atom is -0.494 e. The van der Waals surface area contributed by atoms with E-state index >= 15 is 0 Å². The van der Waals surface area contributed by atoms with Crippen LogP contribution in [-0.4, -0.2) is 36.9 Å². The van der Waals surface area contributed by atoms with E-state index in [1.807, 2.05) is 26.1 Å². The Kier molecular flexibility index (Phi) is 7.05. The van der Waals surface area contributed by atoms with Crippen LogP contribution in [0.2, 0.25) is 0 Å². The average Bonchev–Trinajstić information content (AvgIpc) is 3.25. The van der Waals surface area contributed by atoms with Gasteiger partial charge in [-0.1, -0.05) is 24.3 Å². The molecule has 1 aliphatic carbocycles. The molecule has 0 saturated heterocycles. The number of fused-ring (bicyclic) bond motifs is 1. The fraction of sp³-hybridized carbons (Fsp3) is 0.259. The molecule has 0 heterocycles. The summed E-state index contributed by atoms with van der Waals surface area (Å²) in [4.78, 5) is 27.2. The van der Waals surface area contributed by atoms with Crippen molar-refractivity contribution >= 4 is 23.2 Å². The van der Waals surface area contributed by atoms with E-state index in [0.717, 1.165) is 18.6 Å². The molecule has 0 aromatic heterocycles. The van der Waals surface area contributed by atoms with Crippen LogP contribution in [0.15, 0.2) is 72.8 Å². The number of carbonyl (C=O) groups excluding carboxylic acids is 2. The van der Waals surface area contributed by atoms with Gasteiger partial charge in [0.25, 0.3) is 5.91 Å². The van der Waals surface area contributed by atoms with E-state index in [-0.39, 0.29) is 17.9 Å². The van der Waals surface area contributed by atoms with Gasteiger partial charge in [-0.15, -0.1) is 0 Å². The molecule has 6 nitrogen and oxygen atoms in total. The molecule has 0 bridgehead atoms. The zero-order chi connectivity index (χ0) is 23.2. The average molecular weight is 444 g/mol. The van der Waals surface area contributed by atoms with Crippen molar-refractivity contribution in [2.75, 3.05) is 30.8 Å². The maximum atomic E-state index is 12.6. The molecule has 0 saturated carbocycles. The predicted octanol–water partition coefficient (Wildman–Crippen LogP) is 4.90. The lowest BCUT2D eigenvalue weighted by Crippen LogP contribution is -2.32. The second-order valence-corrected chi connectivity index (χ2v) is 8.21. The predicted molar refractivity (Wildman–Crippen MR) is 131 cm³/mol. The second kappa shape index (κ2) is 10.3. The summed E-state index contributed by atoms with van der Waals surface area (Å²) >= 11 is 0. The number of nitrogens with one attached hydrogen (secondary N) is 2. The van der Waals surface area contributed by atoms with Crippen LogP contribution in [0.3, 0.4) is 0 Å². The summed E-state index contributed by atoms with van der Waals surface area (Å²) in [6.07, 6.45) is 2.08. The third kappa shape index (κ3) is 5.59. The van der Waals surface area contributed by atoms with E-state index in [0.29, 0.717) is 30.1 Å². The molecular formula is C27H29N3O3. The van der Waals surface area contributed by atoms with Gasteiger partial charge in [0.2, 0.25) is 5.91 Å². The topological polar surface area (TPSA) is 70.7 Å². The number of benzene rings is 3. The summed E-state index contributed by atoms with van der Waals surface area (Å²) in [7, 11) is 1.99. The summed E-state index contributed by atoms with van der Waals surface area (Å²) in [6, 6.07) is 22.8. The largest absolute Gasteiger partial charge is 0.494 e. The molecule has 3 aromatic rings. The van der Waals surface area contributed by atoms with Crippen molar-refractivity contribution in [3.05, 3.63) is 89.5 Å². The Bertz CT molecular complexity index is 1110. The van der Waals surface area contributed by atoms with Crippen LogP contribution < -0.4 is 15.4 Å². The monoisotopic (exact) mass is 443 g/mol. The van der Waals surface area contributed by atoms with Gasteiger partial charge in [0.1, 0.15) is 5.75 Å². The molecule has 33 heavy (non-hydrogen) atoms. The minimum absolute atomic E-state index is 0.0755. The maximum Gasteiger partial charge on any atom is 0.255 e. The highest BCUT2D eigenvalue weighted by Crippen LogP contribution is 2.34. The lowest BCUT2D eigenvalue weighted by atomic mass is 10.1. The molecule has 170 valence electrons. The van der Waals surface area contributed by atoms with Crippen LogP contribution in [0.25, 0.3) is 0 Å². The fourth-order valence-electron chi connectivity index (χ4n) is 4.24. The fourth-order valence-corrected chi connectivity index (χ4v) is 4.24. The number of aryl methyl sites for hydroxylation is 1. The molecule has 6 heteroatoms. The number of anilines is 2. The van der Waals surface area contributed by atoms with Gasteiger partial charge in [-0.25, -0.2) is 0 Å². The Balaban J connectivity index is 1.30. The van der Waals surface area contributed by atoms with Gasteiger partial charge in [-0.05, 0) is 86.5 Å². The van der Waals surface area contributed by atoms with Crippen molar-refractivity contribution < 1.29 is 14.3 Å². The third-order valence-electron chi connectivity index (χ3n) is 5.88. The van der Waals surface area contributed by atoms with Gasteiger partial charge in [-0.3, -0.25) is 14.5 Å². The smallest absolute Gasteiger partial charge is 0.255 e. The summed E-state index contributed by atoms with van der Waals surface area (Å²) in [5.41, 5.74) is 4.56. The van der Waals surface area contributed by atoms with Gasteiger partial charge in [0.15, 0.2) is 0 Å². The molecule has 0 aliphatic heterocycles. The lowest BCUT2D eigenvalue weighted by Gasteiger charge is -2.24. The van der Waals surface area contributed by atoms with Gasteiger partial charge in [0, 0.05) is 23.0 Å². The quantitative estimate of drug-likeness (QED) is 0.520. The molecule has 1 aliphatic rings. The molecule has 0 radical (unpaired) electrons. The number of carbonyl (C=O) groups is 2. The molecular weight excluding hydrogens is 414 g/mol. The molecule has 4 rings (SSSR count). The Labute approximate surface area is 194 Å². The van der Waals surface area contributed by atoms with E-state index in [1.165, 1.54) is 11.1 Å². The normalized spacial score (nSPS) is 14.6. The molecule has 2 amide bonds. The first-order valence-corrected chi connectivity index (χ1v) is 11.3. The Morgan fingerprint density at radius 2 is 1.61 bits per heavy atom. The number of rotatable bonds is 8. The lowest BCUT2D eigenvalue weighted by molar-refractivity contribution is -0.117. The molecule has 0 fully saturated rings. The first kappa shape index (κ1) is 22.6. The van der Waals surface area contributed by atoms with Crippen LogP contribution in [0.4, 0.5) is 11.4 Å². The maximum absolute atomic E-state index is 12.6. The van der Waals surface area contributed by atoms with E-state index in [4.69, 9.17) is 4.74 Å². The van der Waals surface area contributed by atoms with Crippen molar-refractivity contribution in [2.24, 2.45) is 0 Å². The van der Waals surface area contributed by atoms with Crippen molar-refractivity contribution in [1.29, 1.82) is 0 Å². The van der Waals surface area contributed by atoms with E-state index in [1.54, 1.807) is 36.4 Å². The van der Waals surface area contributed by atoms with Crippen molar-refractivity contribution in [3.8, 4) is 5.75 Å². The second-order valence-electron chi connectivity index (χ2n) is 8.21. The van der Waals surface area contributed by atoms with Gasteiger partial charge < -0.3 is 15.4 Å². The first-order chi connectivity index (χ1) is 16.0. The number of hydrogen-bond acceptors (Lipinski definition) is 4. The first-order valence-electron chi connectivity index (χ1n) is 11.3. The number of hydrogen-bond donors (Lipinski definition) is 2. The van der Waals surface area contributed by atoms with Crippen molar-refractivity contribution in [2.45, 2.75) is 25.8 Å². The number of amides is 2. The number of ether oxygens (including phenoxy) is 1. The molecule has 0 spiro atoms. The van der Waals surface area contributed by atoms with Crippen molar-refractivity contribution in [3.63, 3.8) is 0 Å². The van der Waals surface area contributed by atoms with Gasteiger partial charge in [0.05, 0.1) is 13.2 Å². The Morgan fingerprint density at radius 3 is 2.33 bits per heavy atom. The van der Waals surface area contributed by atoms with E-state index in [9.17, 15) is 9.59 Å². The van der Waals surface area contributed by atoms with Crippen LogP contribution in [0.1, 0.15) is 40.9 Å². The number of likely N-dealkylation sites (N-methyl/N-ethyl adjacent to an activating group) is 1. The molecule has 1 atom stereocenters. The molecule has 3 aromatic carbocycles. The Hall–Kier alpha value is -3.64. The van der Waals surface area contributed by atoms with Crippen LogP contribution in [0, 0.1) is 0 Å². The zero-order valence-corrected chi connectivity index (χ0v) is 19.0. The Morgan fingerprint density at radius 1 is 0.939 bits per heavy atom.